The highest BCUT2D eigenvalue weighted by Gasteiger charge is 2.16. The molecule has 0 saturated heterocycles. The lowest BCUT2D eigenvalue weighted by molar-refractivity contribution is -0.120. The van der Waals surface area contributed by atoms with Crippen molar-refractivity contribution in [3.05, 3.63) is 65.7 Å². The van der Waals surface area contributed by atoms with Crippen molar-refractivity contribution < 1.29 is 14.4 Å². The normalized spacial score (nSPS) is 10.4. The van der Waals surface area contributed by atoms with Gasteiger partial charge in [0.2, 0.25) is 11.0 Å². The minimum Gasteiger partial charge on any atom is -0.352 e. The summed E-state index contributed by atoms with van der Waals surface area (Å²) in [6.07, 6.45) is 0. The van der Waals surface area contributed by atoms with Crippen molar-refractivity contribution in [1.82, 2.24) is 10.6 Å². The van der Waals surface area contributed by atoms with E-state index in [4.69, 9.17) is 0 Å². The summed E-state index contributed by atoms with van der Waals surface area (Å²) in [5.74, 6) is -0.642. The molecular formula is C19H20N2O3S. The topological polar surface area (TPSA) is 75.3 Å². The largest absolute Gasteiger partial charge is 0.352 e. The summed E-state index contributed by atoms with van der Waals surface area (Å²) in [6.45, 7) is 3.59. The van der Waals surface area contributed by atoms with Crippen LogP contribution in [-0.2, 0) is 4.79 Å². The Hall–Kier alpha value is -2.60. The first-order chi connectivity index (χ1) is 12.0. The zero-order chi connectivity index (χ0) is 18.2. The molecule has 0 fully saturated rings. The molecule has 2 aromatic carbocycles. The monoisotopic (exact) mass is 356 g/mol. The molecule has 5 nitrogen and oxygen atoms in total. The Morgan fingerprint density at radius 3 is 2.28 bits per heavy atom. The number of thioether (sulfide) groups is 1. The maximum Gasteiger partial charge on any atom is 0.252 e. The number of amides is 2. The first-order valence-electron chi connectivity index (χ1n) is 7.91. The lowest BCUT2D eigenvalue weighted by Crippen LogP contribution is -2.39. The van der Waals surface area contributed by atoms with Crippen LogP contribution >= 0.6 is 11.8 Å². The van der Waals surface area contributed by atoms with Crippen LogP contribution in [0.3, 0.4) is 0 Å². The Balaban J connectivity index is 2.06. The van der Waals surface area contributed by atoms with Gasteiger partial charge in [-0.1, -0.05) is 42.5 Å². The summed E-state index contributed by atoms with van der Waals surface area (Å²) in [5, 5.41) is 5.15. The second-order valence-electron chi connectivity index (χ2n) is 5.66. The summed E-state index contributed by atoms with van der Waals surface area (Å²) in [6, 6.07) is 15.7. The Labute approximate surface area is 151 Å². The van der Waals surface area contributed by atoms with Gasteiger partial charge >= 0.3 is 0 Å². The second-order valence-corrected chi connectivity index (χ2v) is 6.67. The molecule has 0 heterocycles. The first-order valence-corrected chi connectivity index (χ1v) is 8.73. The van der Waals surface area contributed by atoms with E-state index < -0.39 is 0 Å². The van der Waals surface area contributed by atoms with E-state index in [2.05, 4.69) is 10.6 Å². The van der Waals surface area contributed by atoms with Crippen LogP contribution in [0.2, 0.25) is 0 Å². The lowest BCUT2D eigenvalue weighted by Gasteiger charge is -2.11. The molecule has 2 aromatic rings. The van der Waals surface area contributed by atoms with Gasteiger partial charge in [0, 0.05) is 16.5 Å². The number of hydrogen-bond donors (Lipinski definition) is 2. The van der Waals surface area contributed by atoms with Gasteiger partial charge in [-0.05, 0) is 37.7 Å². The molecule has 0 aromatic heterocycles. The van der Waals surface area contributed by atoms with E-state index in [0.29, 0.717) is 16.0 Å². The van der Waals surface area contributed by atoms with Crippen molar-refractivity contribution in [1.29, 1.82) is 0 Å². The van der Waals surface area contributed by atoms with Gasteiger partial charge in [-0.25, -0.2) is 0 Å². The summed E-state index contributed by atoms with van der Waals surface area (Å²) < 4.78 is 0. The highest BCUT2D eigenvalue weighted by molar-refractivity contribution is 8.14. The average molecular weight is 356 g/mol. The average Bonchev–Trinajstić information content (AvgIpc) is 2.60. The molecule has 0 aliphatic heterocycles. The van der Waals surface area contributed by atoms with Crippen molar-refractivity contribution in [3.63, 3.8) is 0 Å². The molecule has 6 heteroatoms. The maximum atomic E-state index is 12.4. The third-order valence-electron chi connectivity index (χ3n) is 3.20. The lowest BCUT2D eigenvalue weighted by atomic mass is 10.2. The van der Waals surface area contributed by atoms with E-state index in [1.54, 1.807) is 48.5 Å². The molecule has 2 amide bonds. The van der Waals surface area contributed by atoms with Crippen LogP contribution in [0, 0.1) is 0 Å². The second kappa shape index (κ2) is 9.03. The maximum absolute atomic E-state index is 12.4. The van der Waals surface area contributed by atoms with Gasteiger partial charge in [0.1, 0.15) is 0 Å². The standard InChI is InChI=1S/C19H20N2O3S/c1-13(2)21-17(22)12-20-18(23)15-10-6-7-11-16(15)25-19(24)14-8-4-3-5-9-14/h3-11,13H,12H2,1-2H3,(H,20,23)(H,21,22). The minimum absolute atomic E-state index is 0.00994. The predicted octanol–water partition coefficient (Wildman–Crippen LogP) is 2.87. The molecule has 0 aliphatic rings. The predicted molar refractivity (Wildman–Crippen MR) is 98.7 cm³/mol. The van der Waals surface area contributed by atoms with Crippen molar-refractivity contribution in [2.24, 2.45) is 0 Å². The number of carbonyl (C=O) groups is 3. The first kappa shape index (κ1) is 18.7. The molecule has 0 unspecified atom stereocenters. The molecule has 0 bridgehead atoms. The van der Waals surface area contributed by atoms with Crippen LogP contribution in [0.25, 0.3) is 0 Å². The third kappa shape index (κ3) is 5.76. The molecule has 0 aliphatic carbocycles. The highest BCUT2D eigenvalue weighted by atomic mass is 32.2. The van der Waals surface area contributed by atoms with Crippen LogP contribution in [0.4, 0.5) is 0 Å². The molecular weight excluding hydrogens is 336 g/mol. The molecule has 25 heavy (non-hydrogen) atoms. The zero-order valence-electron chi connectivity index (χ0n) is 14.1. The number of hydrogen-bond acceptors (Lipinski definition) is 4. The molecule has 2 N–H and O–H groups in total. The van der Waals surface area contributed by atoms with Gasteiger partial charge in [0.15, 0.2) is 0 Å². The quantitative estimate of drug-likeness (QED) is 0.781. The summed E-state index contributed by atoms with van der Waals surface area (Å²) in [4.78, 5) is 36.9. The Morgan fingerprint density at radius 2 is 1.60 bits per heavy atom. The Bertz CT molecular complexity index is 760. The van der Waals surface area contributed by atoms with Crippen molar-refractivity contribution in [2.75, 3.05) is 6.54 Å². The Morgan fingerprint density at radius 1 is 0.960 bits per heavy atom. The minimum atomic E-state index is -0.386. The van der Waals surface area contributed by atoms with Gasteiger partial charge in [-0.2, -0.15) is 0 Å². The number of nitrogens with one attached hydrogen (secondary N) is 2. The summed E-state index contributed by atoms with van der Waals surface area (Å²) in [5.41, 5.74) is 0.938. The van der Waals surface area contributed by atoms with Crippen LogP contribution in [0.15, 0.2) is 59.5 Å². The van der Waals surface area contributed by atoms with Gasteiger partial charge < -0.3 is 10.6 Å². The third-order valence-corrected chi connectivity index (χ3v) is 4.20. The van der Waals surface area contributed by atoms with E-state index in [1.807, 2.05) is 19.9 Å². The van der Waals surface area contributed by atoms with E-state index in [1.165, 1.54) is 0 Å². The zero-order valence-corrected chi connectivity index (χ0v) is 14.9. The SMILES string of the molecule is CC(C)NC(=O)CNC(=O)c1ccccc1SC(=O)c1ccccc1. The van der Waals surface area contributed by atoms with Crippen molar-refractivity contribution >= 4 is 28.7 Å². The summed E-state index contributed by atoms with van der Waals surface area (Å²) in [7, 11) is 0. The van der Waals surface area contributed by atoms with Crippen LogP contribution in [0.5, 0.6) is 0 Å². The molecule has 130 valence electrons. The van der Waals surface area contributed by atoms with E-state index in [-0.39, 0.29) is 29.5 Å². The molecule has 0 saturated carbocycles. The van der Waals surface area contributed by atoms with E-state index in [0.717, 1.165) is 11.8 Å². The van der Waals surface area contributed by atoms with Crippen molar-refractivity contribution in [3.8, 4) is 0 Å². The fourth-order valence-electron chi connectivity index (χ4n) is 2.11. The van der Waals surface area contributed by atoms with Gasteiger partial charge in [0.25, 0.3) is 5.91 Å². The van der Waals surface area contributed by atoms with Crippen molar-refractivity contribution in [2.45, 2.75) is 24.8 Å². The van der Waals surface area contributed by atoms with Gasteiger partial charge in [-0.15, -0.1) is 0 Å². The molecule has 2 rings (SSSR count). The fourth-order valence-corrected chi connectivity index (χ4v) is 2.98. The number of benzene rings is 2. The number of rotatable bonds is 6. The van der Waals surface area contributed by atoms with Gasteiger partial charge in [-0.3, -0.25) is 14.4 Å². The van der Waals surface area contributed by atoms with Crippen LogP contribution in [0.1, 0.15) is 34.6 Å². The highest BCUT2D eigenvalue weighted by Crippen LogP contribution is 2.26. The van der Waals surface area contributed by atoms with Crippen LogP contribution in [-0.4, -0.2) is 29.5 Å². The van der Waals surface area contributed by atoms with Crippen LogP contribution < -0.4 is 10.6 Å². The van der Waals surface area contributed by atoms with E-state index in [9.17, 15) is 14.4 Å². The molecule has 0 atom stereocenters. The molecule has 0 spiro atoms. The molecule has 0 radical (unpaired) electrons. The summed E-state index contributed by atoms with van der Waals surface area (Å²) >= 11 is 0.996. The smallest absolute Gasteiger partial charge is 0.252 e. The Kier molecular flexibility index (Phi) is 6.77. The van der Waals surface area contributed by atoms with E-state index >= 15 is 0 Å². The fraction of sp³-hybridized carbons (Fsp3) is 0.211. The van der Waals surface area contributed by atoms with Gasteiger partial charge in [0.05, 0.1) is 12.1 Å². The number of carbonyl (C=O) groups excluding carboxylic acids is 3.